The minimum absolute atomic E-state index is 0.171. The molecule has 3 aromatic rings. The van der Waals surface area contributed by atoms with Gasteiger partial charge in [0.1, 0.15) is 29.5 Å². The molecule has 0 bridgehead atoms. The van der Waals surface area contributed by atoms with Crippen LogP contribution in [-0.4, -0.2) is 46.6 Å². The molecule has 1 saturated heterocycles. The smallest absolute Gasteiger partial charge is 0.411 e. The first-order valence-electron chi connectivity index (χ1n) is 11.1. The second-order valence-corrected chi connectivity index (χ2v) is 9.25. The number of halogens is 1. The molecule has 1 fully saturated rings. The highest BCUT2D eigenvalue weighted by Crippen LogP contribution is 2.39. The van der Waals surface area contributed by atoms with Crippen LogP contribution < -0.4 is 4.74 Å². The highest BCUT2D eigenvalue weighted by Gasteiger charge is 2.39. The van der Waals surface area contributed by atoms with Gasteiger partial charge in [0, 0.05) is 22.9 Å². The lowest BCUT2D eigenvalue weighted by molar-refractivity contribution is -0.111. The summed E-state index contributed by atoms with van der Waals surface area (Å²) in [5.74, 6) is 0.0385. The number of rotatable bonds is 5. The van der Waals surface area contributed by atoms with Crippen molar-refractivity contribution in [2.24, 2.45) is 0 Å². The number of aromatic nitrogens is 1. The zero-order chi connectivity index (χ0) is 24.5. The summed E-state index contributed by atoms with van der Waals surface area (Å²) in [6.45, 7) is 9.44. The van der Waals surface area contributed by atoms with Crippen molar-refractivity contribution >= 4 is 29.4 Å². The highest BCUT2D eigenvalue weighted by atomic mass is 19.1. The fraction of sp³-hybridized carbons (Fsp3) is 0.296. The Bertz CT molecular complexity index is 1250. The monoisotopic (exact) mass is 462 g/mol. The van der Waals surface area contributed by atoms with E-state index < -0.39 is 29.7 Å². The van der Waals surface area contributed by atoms with Crippen LogP contribution in [0.4, 0.5) is 9.18 Å². The van der Waals surface area contributed by atoms with E-state index in [-0.39, 0.29) is 6.54 Å². The van der Waals surface area contributed by atoms with Crippen molar-refractivity contribution in [2.45, 2.75) is 44.9 Å². The van der Waals surface area contributed by atoms with Crippen molar-refractivity contribution in [2.75, 3.05) is 6.54 Å². The van der Waals surface area contributed by atoms with Crippen LogP contribution in [0.25, 0.3) is 28.2 Å². The summed E-state index contributed by atoms with van der Waals surface area (Å²) in [5.41, 5.74) is 1.76. The third kappa shape index (κ3) is 4.78. The molecule has 1 aliphatic rings. The van der Waals surface area contributed by atoms with Gasteiger partial charge in [0.05, 0.1) is 18.1 Å². The molecule has 1 amide bonds. The number of carbonyl (C=O) groups is 2. The van der Waals surface area contributed by atoms with Crippen molar-refractivity contribution in [3.05, 3.63) is 66.5 Å². The molecule has 4 rings (SSSR count). The molecule has 2 aromatic carbocycles. The van der Waals surface area contributed by atoms with Crippen LogP contribution in [0.1, 0.15) is 32.8 Å². The largest absolute Gasteiger partial charge is 0.486 e. The summed E-state index contributed by atoms with van der Waals surface area (Å²) in [5, 5.41) is 0.835. The van der Waals surface area contributed by atoms with Crippen molar-refractivity contribution < 1.29 is 23.5 Å². The van der Waals surface area contributed by atoms with E-state index in [9.17, 15) is 14.0 Å². The Labute approximate surface area is 198 Å². The Morgan fingerprint density at radius 2 is 1.97 bits per heavy atom. The van der Waals surface area contributed by atoms with Gasteiger partial charge in [0.25, 0.3) is 0 Å². The van der Waals surface area contributed by atoms with Gasteiger partial charge in [-0.25, -0.2) is 14.2 Å². The van der Waals surface area contributed by atoms with E-state index in [1.807, 2.05) is 24.3 Å². The molecule has 0 aliphatic carbocycles. The first kappa shape index (κ1) is 23.4. The predicted molar refractivity (Wildman–Crippen MR) is 129 cm³/mol. The second kappa shape index (κ2) is 9.25. The number of nitrogens with zero attached hydrogens (tertiary/aromatic N) is 2. The number of amides is 1. The Morgan fingerprint density at radius 3 is 2.65 bits per heavy atom. The summed E-state index contributed by atoms with van der Waals surface area (Å²) >= 11 is 0. The van der Waals surface area contributed by atoms with Gasteiger partial charge in [0.15, 0.2) is 5.75 Å². The molecule has 6 nitrogen and oxygen atoms in total. The standard InChI is InChI=1S/C27H27FN2O4/c1-5-21-22-11-6-7-12-23(22)29-24(17-9-8-10-18(28)13-17)25(21)33-20-14-19(16-31)30(15-20)26(32)34-27(2,3)4/h5-13,16,19-20H,1,14-15H2,2-4H3. The maximum Gasteiger partial charge on any atom is 0.411 e. The molecular weight excluding hydrogens is 435 g/mol. The molecule has 0 radical (unpaired) electrons. The number of carbonyl (C=O) groups excluding carboxylic acids is 2. The SMILES string of the molecule is C=Cc1c(OC2CC(C=O)N(C(=O)OC(C)(C)C)C2)c(-c2cccc(F)c2)nc2ccccc12. The topological polar surface area (TPSA) is 68.7 Å². The van der Waals surface area contributed by atoms with Crippen LogP contribution in [0, 0.1) is 5.82 Å². The summed E-state index contributed by atoms with van der Waals surface area (Å²) in [7, 11) is 0. The van der Waals surface area contributed by atoms with Gasteiger partial charge >= 0.3 is 6.09 Å². The second-order valence-electron chi connectivity index (χ2n) is 9.25. The van der Waals surface area contributed by atoms with E-state index in [0.29, 0.717) is 29.0 Å². The Kier molecular flexibility index (Phi) is 6.37. The fourth-order valence-electron chi connectivity index (χ4n) is 4.11. The molecule has 7 heteroatoms. The Morgan fingerprint density at radius 1 is 1.21 bits per heavy atom. The van der Waals surface area contributed by atoms with Crippen LogP contribution >= 0.6 is 0 Å². The lowest BCUT2D eigenvalue weighted by Crippen LogP contribution is -2.41. The van der Waals surface area contributed by atoms with E-state index in [2.05, 4.69) is 6.58 Å². The van der Waals surface area contributed by atoms with Gasteiger partial charge < -0.3 is 14.3 Å². The zero-order valence-corrected chi connectivity index (χ0v) is 19.5. The first-order chi connectivity index (χ1) is 16.2. The third-order valence-corrected chi connectivity index (χ3v) is 5.56. The minimum atomic E-state index is -0.688. The van der Waals surface area contributed by atoms with Crippen LogP contribution in [0.2, 0.25) is 0 Å². The van der Waals surface area contributed by atoms with Crippen LogP contribution in [0.3, 0.4) is 0 Å². The number of hydrogen-bond acceptors (Lipinski definition) is 5. The number of benzene rings is 2. The number of pyridine rings is 1. The number of likely N-dealkylation sites (tertiary alicyclic amines) is 1. The number of ether oxygens (including phenoxy) is 2. The molecule has 2 heterocycles. The van der Waals surface area contributed by atoms with Gasteiger partial charge in [-0.2, -0.15) is 0 Å². The summed E-state index contributed by atoms with van der Waals surface area (Å²) in [6.07, 6.45) is 1.65. The minimum Gasteiger partial charge on any atom is -0.486 e. The molecule has 0 spiro atoms. The summed E-state index contributed by atoms with van der Waals surface area (Å²) in [4.78, 5) is 30.6. The summed E-state index contributed by atoms with van der Waals surface area (Å²) < 4.78 is 25.9. The van der Waals surface area contributed by atoms with Gasteiger partial charge in [-0.15, -0.1) is 0 Å². The van der Waals surface area contributed by atoms with E-state index in [4.69, 9.17) is 14.5 Å². The number of aldehydes is 1. The van der Waals surface area contributed by atoms with Crippen LogP contribution in [0.15, 0.2) is 55.1 Å². The van der Waals surface area contributed by atoms with Gasteiger partial charge in [-0.3, -0.25) is 4.90 Å². The van der Waals surface area contributed by atoms with Gasteiger partial charge in [0.2, 0.25) is 0 Å². The van der Waals surface area contributed by atoms with Gasteiger partial charge in [-0.1, -0.05) is 43.0 Å². The predicted octanol–water partition coefficient (Wildman–Crippen LogP) is 5.64. The Balaban J connectivity index is 1.75. The van der Waals surface area contributed by atoms with Crippen molar-refractivity contribution in [1.82, 2.24) is 9.88 Å². The van der Waals surface area contributed by atoms with Crippen molar-refractivity contribution in [3.8, 4) is 17.0 Å². The number of fused-ring (bicyclic) bond motifs is 1. The average molecular weight is 463 g/mol. The average Bonchev–Trinajstić information content (AvgIpc) is 3.20. The normalized spacial score (nSPS) is 18.1. The molecule has 34 heavy (non-hydrogen) atoms. The third-order valence-electron chi connectivity index (χ3n) is 5.56. The van der Waals surface area contributed by atoms with Crippen molar-refractivity contribution in [1.29, 1.82) is 0 Å². The maximum absolute atomic E-state index is 14.1. The zero-order valence-electron chi connectivity index (χ0n) is 19.5. The van der Waals surface area contributed by atoms with Crippen molar-refractivity contribution in [3.63, 3.8) is 0 Å². The quantitative estimate of drug-likeness (QED) is 0.459. The molecule has 0 N–H and O–H groups in total. The molecule has 0 saturated carbocycles. The van der Waals surface area contributed by atoms with Crippen LogP contribution in [0.5, 0.6) is 5.75 Å². The van der Waals surface area contributed by atoms with Crippen LogP contribution in [-0.2, 0) is 9.53 Å². The van der Waals surface area contributed by atoms with Gasteiger partial charge in [-0.05, 0) is 39.0 Å². The molecule has 1 aromatic heterocycles. The molecule has 2 atom stereocenters. The Hall–Kier alpha value is -3.74. The van der Waals surface area contributed by atoms with E-state index >= 15 is 0 Å². The van der Waals surface area contributed by atoms with E-state index in [0.717, 1.165) is 17.2 Å². The van der Waals surface area contributed by atoms with E-state index in [1.54, 1.807) is 39.0 Å². The first-order valence-corrected chi connectivity index (χ1v) is 11.1. The number of para-hydroxylation sites is 1. The molecular formula is C27H27FN2O4. The molecule has 176 valence electrons. The highest BCUT2D eigenvalue weighted by molar-refractivity contribution is 5.94. The molecule has 1 aliphatic heterocycles. The van der Waals surface area contributed by atoms with E-state index in [1.165, 1.54) is 17.0 Å². The maximum atomic E-state index is 14.1. The number of hydrogen-bond donors (Lipinski definition) is 0. The molecule has 2 unspecified atom stereocenters. The lowest BCUT2D eigenvalue weighted by atomic mass is 10.0. The fourth-order valence-corrected chi connectivity index (χ4v) is 4.11. The summed E-state index contributed by atoms with van der Waals surface area (Å²) in [6, 6.07) is 13.0. The lowest BCUT2D eigenvalue weighted by Gasteiger charge is -2.26.